The Bertz CT molecular complexity index is 3050. The average Bonchev–Trinajstić information content (AvgIpc) is 0.777. The Kier molecular flexibility index (Phi) is 49.5. The van der Waals surface area contributed by atoms with E-state index in [0.717, 1.165) is 138 Å². The highest BCUT2D eigenvalue weighted by atomic mass is 31.2. The van der Waals surface area contributed by atoms with Gasteiger partial charge >= 0.3 is 53.4 Å². The minimum Gasteiger partial charge on any atom is -0.478 e. The van der Waals surface area contributed by atoms with Crippen molar-refractivity contribution in [2.24, 2.45) is 0 Å². The molecular weight excluding hydrogens is 1460 g/mol. The molecule has 0 aliphatic carbocycles. The summed E-state index contributed by atoms with van der Waals surface area (Å²) in [5.74, 6) is -0.930. The Morgan fingerprint density at radius 3 is 0.594 bits per heavy atom. The van der Waals surface area contributed by atoms with E-state index in [1.807, 2.05) is 12.1 Å². The van der Waals surface area contributed by atoms with Crippen LogP contribution in [-0.4, -0.2) is 122 Å². The SMILES string of the molecule is CCCCN(CCCC)c1ccc(N(c2ccc(N(CCCC)CCCC)cc2)c2ccc(N(c3ccc(N(CCCC)CCCC)cc3)c3ccc(N(CCCC)CCCC)cc3C(=O)O)cc2)cc1.O=P(O)(O)F.O=P(O)(O)F.O=P(O)(O)F.O=P(O)(O)F.O=P(O)(O)F.O=P(O)(O)F. The van der Waals surface area contributed by atoms with Gasteiger partial charge in [-0.2, -0.15) is 0 Å². The number of unbranched alkanes of at least 4 members (excludes halogenated alkanes) is 8. The van der Waals surface area contributed by atoms with Crippen LogP contribution in [0.15, 0.2) is 115 Å². The largest absolute Gasteiger partial charge is 0.507 e. The van der Waals surface area contributed by atoms with Crippen molar-refractivity contribution in [1.82, 2.24) is 0 Å². The summed E-state index contributed by atoms with van der Waals surface area (Å²) in [5.41, 5.74) is 10.7. The van der Waals surface area contributed by atoms with Crippen molar-refractivity contribution in [1.29, 1.82) is 0 Å². The van der Waals surface area contributed by atoms with E-state index in [1.165, 1.54) is 68.4 Å². The molecule has 5 aromatic rings. The first kappa shape index (κ1) is 97.9. The number of anilines is 10. The summed E-state index contributed by atoms with van der Waals surface area (Å²) < 4.78 is 114. The van der Waals surface area contributed by atoms with Crippen molar-refractivity contribution in [2.75, 3.05) is 81.8 Å². The monoisotopic (exact) mass is 1560 g/mol. The molecule has 0 heterocycles. The Labute approximate surface area is 589 Å². The Balaban J connectivity index is 0. The normalized spacial score (nSPS) is 11.3. The zero-order chi connectivity index (χ0) is 77.8. The third-order valence-electron chi connectivity index (χ3n) is 13.9. The standard InChI is InChI=1S/C63H92N6O2.6FH2O3P/c1-9-17-43-64(44-18-10-2)52-25-31-55(32-26-52)68(56-33-27-53(28-34-56)65(45-19-11-3)46-20-12-4)57-37-39-59(40-38-57)69(58-35-29-54(30-36-58)66(47-21-13-5)48-22-14-6)62-42-41-60(51-61(62)63(70)71)67(49-23-15-7)50-24-16-8;6*1-5(2,3)4/h25-42,51H,9-24,43-50H2,1-8H3,(H,70,71);6*(H2,2,3,4). The molecule has 26 nitrogen and oxygen atoms in total. The van der Waals surface area contributed by atoms with Crippen LogP contribution < -0.4 is 29.4 Å². The van der Waals surface area contributed by atoms with Gasteiger partial charge < -0.3 is 34.5 Å². The summed E-state index contributed by atoms with van der Waals surface area (Å²) in [6.07, 6.45) is 18.3. The number of hydrogen-bond acceptors (Lipinski definition) is 13. The van der Waals surface area contributed by atoms with E-state index in [1.54, 1.807) is 0 Å². The number of carboxylic acid groups (broad SMARTS) is 1. The van der Waals surface area contributed by atoms with Crippen LogP contribution in [0.4, 0.5) is 82.1 Å². The third-order valence-corrected chi connectivity index (χ3v) is 13.9. The molecule has 13 N–H and O–H groups in total. The van der Waals surface area contributed by atoms with Gasteiger partial charge in [0.15, 0.2) is 0 Å². The molecule has 0 amide bonds. The molecule has 0 aliphatic rings. The van der Waals surface area contributed by atoms with Crippen molar-refractivity contribution in [3.05, 3.63) is 121 Å². The number of rotatable bonds is 35. The van der Waals surface area contributed by atoms with Crippen LogP contribution in [0.2, 0.25) is 0 Å². The fourth-order valence-electron chi connectivity index (χ4n) is 9.42. The molecular formula is C63H104F6N6O20P6. The van der Waals surface area contributed by atoms with E-state index >= 15 is 0 Å². The molecule has 0 aromatic heterocycles. The van der Waals surface area contributed by atoms with Crippen LogP contribution in [0.5, 0.6) is 0 Å². The summed E-state index contributed by atoms with van der Waals surface area (Å²) in [6, 6.07) is 41.9. The summed E-state index contributed by atoms with van der Waals surface area (Å²) in [4.78, 5) is 112. The molecule has 0 atom stereocenters. The Morgan fingerprint density at radius 2 is 0.426 bits per heavy atom. The lowest BCUT2D eigenvalue weighted by molar-refractivity contribution is 0.0697. The van der Waals surface area contributed by atoms with Crippen LogP contribution in [0.1, 0.15) is 168 Å². The Morgan fingerprint density at radius 1 is 0.277 bits per heavy atom. The highest BCUT2D eigenvalue weighted by molar-refractivity contribution is 7.47. The number of carbonyl (C=O) groups is 1. The number of halogens is 6. The smallest absolute Gasteiger partial charge is 0.478 e. The number of aromatic carboxylic acids is 1. The van der Waals surface area contributed by atoms with Crippen LogP contribution >= 0.6 is 47.4 Å². The number of carboxylic acids is 1. The zero-order valence-electron chi connectivity index (χ0n) is 58.2. The van der Waals surface area contributed by atoms with Gasteiger partial charge in [0.1, 0.15) is 0 Å². The highest BCUT2D eigenvalue weighted by Gasteiger charge is 2.24. The Hall–Kier alpha value is -5.15. The van der Waals surface area contributed by atoms with E-state index in [2.05, 4.69) is 188 Å². The molecule has 578 valence electrons. The molecule has 101 heavy (non-hydrogen) atoms. The predicted molar refractivity (Wildman–Crippen MR) is 390 cm³/mol. The summed E-state index contributed by atoms with van der Waals surface area (Å²) >= 11 is 0. The zero-order valence-corrected chi connectivity index (χ0v) is 63.6. The van der Waals surface area contributed by atoms with Gasteiger partial charge in [-0.25, -0.2) is 32.2 Å². The maximum Gasteiger partial charge on any atom is 0.507 e. The van der Waals surface area contributed by atoms with Crippen molar-refractivity contribution in [2.45, 2.75) is 158 Å². The van der Waals surface area contributed by atoms with E-state index in [0.29, 0.717) is 11.3 Å². The van der Waals surface area contributed by atoms with Crippen molar-refractivity contribution < 1.29 is 121 Å². The lowest BCUT2D eigenvalue weighted by atomic mass is 10.1. The first-order valence-electron chi connectivity index (χ1n) is 32.6. The lowest BCUT2D eigenvalue weighted by Gasteiger charge is -2.31. The molecule has 0 radical (unpaired) electrons. The van der Waals surface area contributed by atoms with Gasteiger partial charge in [0.25, 0.3) is 0 Å². The second-order valence-electron chi connectivity index (χ2n) is 22.4. The van der Waals surface area contributed by atoms with Gasteiger partial charge in [0.05, 0.1) is 11.3 Å². The van der Waals surface area contributed by atoms with E-state index in [9.17, 15) is 35.1 Å². The molecule has 0 bridgehead atoms. The highest BCUT2D eigenvalue weighted by Crippen LogP contribution is 2.44. The van der Waals surface area contributed by atoms with Gasteiger partial charge in [-0.15, -0.1) is 25.2 Å². The fourth-order valence-corrected chi connectivity index (χ4v) is 9.42. The van der Waals surface area contributed by atoms with Crippen molar-refractivity contribution >= 4 is 110 Å². The number of hydrogen-bond donors (Lipinski definition) is 13. The predicted octanol–water partition coefficient (Wildman–Crippen LogP) is 18.2. The van der Waals surface area contributed by atoms with Gasteiger partial charge in [-0.3, -0.25) is 58.7 Å². The van der Waals surface area contributed by atoms with Crippen LogP contribution in [-0.2, 0) is 27.4 Å². The van der Waals surface area contributed by atoms with E-state index in [-0.39, 0.29) is 0 Å². The molecule has 5 rings (SSSR count). The number of nitrogens with zero attached hydrogens (tertiary/aromatic N) is 6. The molecule has 38 heteroatoms. The minimum atomic E-state index is -5.14. The van der Waals surface area contributed by atoms with Gasteiger partial charge in [-0.1, -0.05) is 107 Å². The molecule has 0 aliphatic heterocycles. The van der Waals surface area contributed by atoms with Crippen LogP contribution in [0, 0.1) is 0 Å². The topological polar surface area (TPSA) is 402 Å². The summed E-state index contributed by atoms with van der Waals surface area (Å²) in [7, 11) is -30.8. The van der Waals surface area contributed by atoms with Crippen molar-refractivity contribution in [3.8, 4) is 0 Å². The molecule has 0 saturated heterocycles. The second kappa shape index (κ2) is 51.1. The second-order valence-corrected chi connectivity index (χ2v) is 28.0. The first-order chi connectivity index (χ1) is 46.7. The quantitative estimate of drug-likeness (QED) is 0.0132. The van der Waals surface area contributed by atoms with Gasteiger partial charge in [-0.05, 0) is 167 Å². The molecule has 5 aromatic carbocycles. The van der Waals surface area contributed by atoms with Crippen LogP contribution in [0.25, 0.3) is 0 Å². The summed E-state index contributed by atoms with van der Waals surface area (Å²) in [6.45, 7) is 26.1. The van der Waals surface area contributed by atoms with Gasteiger partial charge in [0, 0.05) is 104 Å². The van der Waals surface area contributed by atoms with Crippen molar-refractivity contribution in [3.63, 3.8) is 0 Å². The summed E-state index contributed by atoms with van der Waals surface area (Å²) in [5, 5.41) is 11.0. The van der Waals surface area contributed by atoms with Gasteiger partial charge in [0.2, 0.25) is 0 Å². The lowest BCUT2D eigenvalue weighted by Crippen LogP contribution is -2.26. The fraction of sp³-hybridized carbons (Fsp3) is 0.508. The third kappa shape index (κ3) is 53.3. The van der Waals surface area contributed by atoms with Crippen LogP contribution in [0.3, 0.4) is 0 Å². The van der Waals surface area contributed by atoms with E-state index in [4.69, 9.17) is 86.1 Å². The van der Waals surface area contributed by atoms with E-state index < -0.39 is 53.4 Å². The number of benzene rings is 5. The maximum absolute atomic E-state index is 13.5. The first-order valence-corrected chi connectivity index (χ1v) is 41.7. The maximum atomic E-state index is 13.5. The molecule has 0 saturated carbocycles. The molecule has 0 fully saturated rings. The minimum absolute atomic E-state index is 0.293. The average molecular weight is 1570 g/mol. The molecule has 0 unspecified atom stereocenters. The molecule has 0 spiro atoms.